The molecule has 1 aliphatic heterocycles. The summed E-state index contributed by atoms with van der Waals surface area (Å²) in [5.41, 5.74) is 0.906. The number of carbonyl (C=O) groups is 1. The van der Waals surface area contributed by atoms with Crippen molar-refractivity contribution in [2.24, 2.45) is 11.3 Å². The minimum absolute atomic E-state index is 0.000424. The predicted molar refractivity (Wildman–Crippen MR) is 91.4 cm³/mol. The number of ether oxygens (including phenoxy) is 1. The molecule has 1 aliphatic carbocycles. The molecule has 1 aromatic carbocycles. The summed E-state index contributed by atoms with van der Waals surface area (Å²) in [6.07, 6.45) is 4.62. The van der Waals surface area contributed by atoms with Crippen LogP contribution in [-0.4, -0.2) is 25.6 Å². The molecule has 1 saturated carbocycles. The van der Waals surface area contributed by atoms with E-state index in [4.69, 9.17) is 4.74 Å². The second-order valence-electron chi connectivity index (χ2n) is 6.93. The van der Waals surface area contributed by atoms with Crippen LogP contribution in [0.3, 0.4) is 0 Å². The summed E-state index contributed by atoms with van der Waals surface area (Å²) in [6, 6.07) is 8.02. The normalized spacial score (nSPS) is 28.0. The average Bonchev–Trinajstić information content (AvgIpc) is 3.00. The van der Waals surface area contributed by atoms with Crippen LogP contribution in [-0.2, 0) is 4.79 Å². The van der Waals surface area contributed by atoms with Gasteiger partial charge >= 0.3 is 0 Å². The number of benzene rings is 1. The fourth-order valence-corrected chi connectivity index (χ4v) is 4.15. The van der Waals surface area contributed by atoms with E-state index in [9.17, 15) is 4.79 Å². The molecular weight excluding hydrogens is 288 g/mol. The van der Waals surface area contributed by atoms with Crippen LogP contribution in [0, 0.1) is 11.3 Å². The van der Waals surface area contributed by atoms with Gasteiger partial charge in [-0.25, -0.2) is 0 Å². The molecule has 1 aromatic rings. The second-order valence-corrected chi connectivity index (χ2v) is 6.93. The van der Waals surface area contributed by atoms with Crippen LogP contribution in [0.1, 0.15) is 51.1 Å². The third-order valence-corrected chi connectivity index (χ3v) is 5.51. The lowest BCUT2D eigenvalue weighted by molar-refractivity contribution is -0.134. The van der Waals surface area contributed by atoms with Crippen molar-refractivity contribution >= 4 is 5.91 Å². The van der Waals surface area contributed by atoms with E-state index in [0.29, 0.717) is 12.5 Å². The highest BCUT2D eigenvalue weighted by Crippen LogP contribution is 2.44. The molecule has 3 rings (SSSR count). The van der Waals surface area contributed by atoms with Crippen LogP contribution >= 0.6 is 0 Å². The summed E-state index contributed by atoms with van der Waals surface area (Å²) < 4.78 is 5.56. The summed E-state index contributed by atoms with van der Waals surface area (Å²) in [7, 11) is 0. The Bertz CT molecular complexity index is 560. The Morgan fingerprint density at radius 2 is 2.35 bits per heavy atom. The Morgan fingerprint density at radius 1 is 1.48 bits per heavy atom. The predicted octanol–water partition coefficient (Wildman–Crippen LogP) is 3.04. The van der Waals surface area contributed by atoms with E-state index < -0.39 is 0 Å². The highest BCUT2D eigenvalue weighted by atomic mass is 16.5. The molecule has 4 nitrogen and oxygen atoms in total. The molecule has 0 radical (unpaired) electrons. The maximum absolute atomic E-state index is 13.0. The topological polar surface area (TPSA) is 50.4 Å². The molecule has 2 aliphatic rings. The minimum Gasteiger partial charge on any atom is -0.494 e. The fraction of sp³-hybridized carbons (Fsp3) is 0.632. The van der Waals surface area contributed by atoms with Gasteiger partial charge in [0.25, 0.3) is 0 Å². The zero-order valence-electron chi connectivity index (χ0n) is 14.2. The Hall–Kier alpha value is -1.55. The van der Waals surface area contributed by atoms with Crippen LogP contribution in [0.25, 0.3) is 0 Å². The number of carbonyl (C=O) groups excluding carboxylic acids is 1. The van der Waals surface area contributed by atoms with Gasteiger partial charge in [0, 0.05) is 6.54 Å². The van der Waals surface area contributed by atoms with Gasteiger partial charge in [0.2, 0.25) is 5.91 Å². The highest BCUT2D eigenvalue weighted by molar-refractivity contribution is 5.84. The summed E-state index contributed by atoms with van der Waals surface area (Å²) >= 11 is 0. The summed E-state index contributed by atoms with van der Waals surface area (Å²) in [5.74, 6) is 1.59. The van der Waals surface area contributed by atoms with E-state index in [-0.39, 0.29) is 17.4 Å². The van der Waals surface area contributed by atoms with E-state index in [0.717, 1.165) is 30.8 Å². The lowest BCUT2D eigenvalue weighted by Crippen LogP contribution is -2.48. The number of hydrogen-bond donors (Lipinski definition) is 2. The number of rotatable bonds is 5. The van der Waals surface area contributed by atoms with Gasteiger partial charge in [-0.2, -0.15) is 0 Å². The molecule has 126 valence electrons. The zero-order chi connectivity index (χ0) is 16.3. The molecule has 0 bridgehead atoms. The quantitative estimate of drug-likeness (QED) is 0.878. The maximum Gasteiger partial charge on any atom is 0.228 e. The number of nitrogens with one attached hydrogen (secondary N) is 2. The van der Waals surface area contributed by atoms with E-state index in [2.05, 4.69) is 23.6 Å². The van der Waals surface area contributed by atoms with Gasteiger partial charge in [-0.3, -0.25) is 4.79 Å². The Labute approximate surface area is 139 Å². The van der Waals surface area contributed by atoms with Crippen LogP contribution < -0.4 is 15.4 Å². The van der Waals surface area contributed by atoms with Gasteiger partial charge in [-0.05, 0) is 56.8 Å². The molecule has 3 atom stereocenters. The van der Waals surface area contributed by atoms with E-state index in [1.54, 1.807) is 0 Å². The number of fused-ring (bicyclic) bond motifs is 1. The van der Waals surface area contributed by atoms with Gasteiger partial charge < -0.3 is 15.4 Å². The molecule has 2 fully saturated rings. The van der Waals surface area contributed by atoms with Crippen molar-refractivity contribution in [3.05, 3.63) is 29.8 Å². The highest BCUT2D eigenvalue weighted by Gasteiger charge is 2.49. The average molecular weight is 316 g/mol. The van der Waals surface area contributed by atoms with Gasteiger partial charge in [0.15, 0.2) is 0 Å². The van der Waals surface area contributed by atoms with Gasteiger partial charge in [0.1, 0.15) is 5.75 Å². The lowest BCUT2D eigenvalue weighted by Gasteiger charge is -2.38. The summed E-state index contributed by atoms with van der Waals surface area (Å²) in [4.78, 5) is 13.0. The van der Waals surface area contributed by atoms with Crippen LogP contribution in [0.5, 0.6) is 5.75 Å². The molecule has 1 heterocycles. The summed E-state index contributed by atoms with van der Waals surface area (Å²) in [5, 5.41) is 6.71. The molecule has 1 unspecified atom stereocenters. The van der Waals surface area contributed by atoms with Crippen molar-refractivity contribution in [3.63, 3.8) is 0 Å². The van der Waals surface area contributed by atoms with Gasteiger partial charge in [-0.15, -0.1) is 0 Å². The smallest absolute Gasteiger partial charge is 0.228 e. The Morgan fingerprint density at radius 3 is 3.17 bits per heavy atom. The zero-order valence-corrected chi connectivity index (χ0v) is 14.2. The van der Waals surface area contributed by atoms with Gasteiger partial charge in [0.05, 0.1) is 18.1 Å². The first-order valence-corrected chi connectivity index (χ1v) is 8.90. The molecule has 1 saturated heterocycles. The Kier molecular flexibility index (Phi) is 4.90. The first-order valence-electron chi connectivity index (χ1n) is 8.90. The van der Waals surface area contributed by atoms with Crippen molar-refractivity contribution in [1.82, 2.24) is 10.6 Å². The molecular formula is C19H28N2O2. The third-order valence-electron chi connectivity index (χ3n) is 5.51. The molecule has 4 heteroatoms. The van der Waals surface area contributed by atoms with Crippen LogP contribution in [0.2, 0.25) is 0 Å². The third kappa shape index (κ3) is 3.23. The first-order chi connectivity index (χ1) is 11.2. The van der Waals surface area contributed by atoms with Crippen molar-refractivity contribution in [2.45, 2.75) is 45.6 Å². The standard InChI is InChI=1S/C19H28N2O2/c1-3-23-17-9-6-7-15(11-17)14(2)21-18(22)19-10-5-4-8-16(19)12-20-13-19/h6-7,9,11,14,16,20H,3-5,8,10,12-13H2,1-2H3,(H,21,22)/t14?,16-,19+/m0/s1. The second kappa shape index (κ2) is 6.91. The van der Waals surface area contributed by atoms with E-state index in [1.165, 1.54) is 19.3 Å². The lowest BCUT2D eigenvalue weighted by atomic mass is 9.67. The molecule has 0 spiro atoms. The van der Waals surface area contributed by atoms with Crippen molar-refractivity contribution in [2.75, 3.05) is 19.7 Å². The SMILES string of the molecule is CCOc1cccc(C(C)NC(=O)[C@@]23CCCC[C@H]2CNC3)c1. The monoisotopic (exact) mass is 316 g/mol. The molecule has 2 N–H and O–H groups in total. The largest absolute Gasteiger partial charge is 0.494 e. The van der Waals surface area contributed by atoms with Crippen molar-refractivity contribution in [3.8, 4) is 5.75 Å². The first kappa shape index (κ1) is 16.3. The van der Waals surface area contributed by atoms with Gasteiger partial charge in [-0.1, -0.05) is 25.0 Å². The van der Waals surface area contributed by atoms with Crippen LogP contribution in [0.15, 0.2) is 24.3 Å². The number of hydrogen-bond acceptors (Lipinski definition) is 3. The maximum atomic E-state index is 13.0. The molecule has 23 heavy (non-hydrogen) atoms. The summed E-state index contributed by atoms with van der Waals surface area (Å²) in [6.45, 7) is 6.50. The fourth-order valence-electron chi connectivity index (χ4n) is 4.15. The Balaban J connectivity index is 1.70. The van der Waals surface area contributed by atoms with E-state index >= 15 is 0 Å². The molecule has 1 amide bonds. The van der Waals surface area contributed by atoms with Crippen molar-refractivity contribution in [1.29, 1.82) is 0 Å². The molecule has 0 aromatic heterocycles. The van der Waals surface area contributed by atoms with E-state index in [1.807, 2.05) is 25.1 Å². The van der Waals surface area contributed by atoms with Crippen molar-refractivity contribution < 1.29 is 9.53 Å². The minimum atomic E-state index is -0.190. The van der Waals surface area contributed by atoms with Crippen LogP contribution in [0.4, 0.5) is 0 Å². The number of amides is 1.